The minimum absolute atomic E-state index is 0.0305. The largest absolute Gasteiger partial charge is 0.489 e. The first-order chi connectivity index (χ1) is 32.3. The van der Waals surface area contributed by atoms with Gasteiger partial charge in [0.15, 0.2) is 11.6 Å². The van der Waals surface area contributed by atoms with E-state index in [-0.39, 0.29) is 65.8 Å². The molecular formula is C54H64N4O9. The van der Waals surface area contributed by atoms with Crippen molar-refractivity contribution in [1.82, 2.24) is 20.4 Å². The zero-order valence-corrected chi connectivity index (χ0v) is 39.4. The van der Waals surface area contributed by atoms with Crippen LogP contribution in [-0.2, 0) is 48.1 Å². The smallest absolute Gasteiger partial charge is 0.407 e. The zero-order valence-electron chi connectivity index (χ0n) is 39.4. The number of rotatable bonds is 18. The van der Waals surface area contributed by atoms with Crippen LogP contribution in [0.3, 0.4) is 0 Å². The summed E-state index contributed by atoms with van der Waals surface area (Å²) < 4.78 is 15.6. The van der Waals surface area contributed by atoms with E-state index in [1.165, 1.54) is 19.8 Å². The maximum absolute atomic E-state index is 13.8. The van der Waals surface area contributed by atoms with Crippen molar-refractivity contribution >= 4 is 35.6 Å². The Labute approximate surface area is 393 Å². The molecule has 6 atom stereocenters. The summed E-state index contributed by atoms with van der Waals surface area (Å²) in [4.78, 5) is 82.1. The van der Waals surface area contributed by atoms with Crippen LogP contribution in [0.1, 0.15) is 105 Å². The van der Waals surface area contributed by atoms with E-state index in [4.69, 9.17) is 14.2 Å². The van der Waals surface area contributed by atoms with Gasteiger partial charge in [0.1, 0.15) is 24.4 Å². The van der Waals surface area contributed by atoms with E-state index in [9.17, 15) is 28.8 Å². The van der Waals surface area contributed by atoms with Gasteiger partial charge in [0, 0.05) is 25.9 Å². The standard InChI is InChI=1S/C54H64N4O9/c1-33(2)49(55-53(63)65-5)51(61)57-28-10-14-42(57)44(59)30-35-16-20-38(21-17-35)46-47(48(46)40-24-26-41(27-25-40)67-32-37-12-8-7-9-13-37)39-22-18-36(19-23-39)31-45(60)43-15-11-29-58(43)52(62)50(34(3)4)56-54(64)66-6/h7-9,12-13,16-27,33-34,42-43,46-50H,10-11,14-15,28-32H2,1-6H3,(H,55,63)(H,56,64)/t42-,43-,46?,47?,48?,49-,50-/m0/s1. The topological polar surface area (TPSA) is 161 Å². The highest BCUT2D eigenvalue weighted by atomic mass is 16.5. The van der Waals surface area contributed by atoms with Crippen LogP contribution in [0.15, 0.2) is 103 Å². The molecule has 0 aromatic heterocycles. The molecule has 13 nitrogen and oxygen atoms in total. The Morgan fingerprint density at radius 1 is 0.537 bits per heavy atom. The van der Waals surface area contributed by atoms with Gasteiger partial charge in [-0.15, -0.1) is 0 Å². The number of carbonyl (C=O) groups is 6. The first-order valence-electron chi connectivity index (χ1n) is 23.6. The summed E-state index contributed by atoms with van der Waals surface area (Å²) in [6, 6.07) is 32.1. The highest BCUT2D eigenvalue weighted by Gasteiger charge is 2.52. The summed E-state index contributed by atoms with van der Waals surface area (Å²) in [6.45, 7) is 8.80. The highest BCUT2D eigenvalue weighted by molar-refractivity contribution is 5.94. The number of Topliss-reactive ketones (excluding diaryl/α,β-unsaturated/α-hetero) is 2. The molecule has 2 unspecified atom stereocenters. The molecule has 0 bridgehead atoms. The van der Waals surface area contributed by atoms with Crippen molar-refractivity contribution in [2.45, 2.75) is 115 Å². The fourth-order valence-corrected chi connectivity index (χ4v) is 9.92. The molecule has 4 amide bonds. The molecule has 1 saturated carbocycles. The van der Waals surface area contributed by atoms with Crippen molar-refractivity contribution in [3.05, 3.63) is 137 Å². The Morgan fingerprint density at radius 3 is 1.30 bits per heavy atom. The quantitative estimate of drug-likeness (QED) is 0.101. The molecule has 2 N–H and O–H groups in total. The van der Waals surface area contributed by atoms with Crippen LogP contribution in [0.2, 0.25) is 0 Å². The molecule has 0 spiro atoms. The molecule has 3 fully saturated rings. The summed E-state index contributed by atoms with van der Waals surface area (Å²) in [5.41, 5.74) is 6.30. The van der Waals surface area contributed by atoms with Gasteiger partial charge in [-0.2, -0.15) is 0 Å². The summed E-state index contributed by atoms with van der Waals surface area (Å²) in [7, 11) is 2.52. The lowest BCUT2D eigenvalue weighted by molar-refractivity contribution is -0.140. The number of hydrogen-bond acceptors (Lipinski definition) is 9. The van der Waals surface area contributed by atoms with E-state index < -0.39 is 36.4 Å². The average molecular weight is 913 g/mol. The summed E-state index contributed by atoms with van der Waals surface area (Å²) in [5, 5.41) is 5.30. The number of nitrogens with zero attached hydrogens (tertiary/aromatic N) is 2. The maximum atomic E-state index is 13.8. The molecule has 0 radical (unpaired) electrons. The zero-order chi connectivity index (χ0) is 47.8. The van der Waals surface area contributed by atoms with E-state index >= 15 is 0 Å². The number of ketones is 2. The SMILES string of the molecule is COC(=O)N[C@H](C(=O)N1CCC[C@H]1C(=O)Cc1ccc(C2C(c3ccc(CC(=O)[C@@H]4CCCN4C(=O)[C@@H](NC(=O)OC)C(C)C)cc3)C2c2ccc(OCc3ccccc3)cc2)cc1)C(C)C. The predicted molar refractivity (Wildman–Crippen MR) is 254 cm³/mol. The second-order valence-corrected chi connectivity index (χ2v) is 18.8. The number of nitrogens with one attached hydrogen (secondary N) is 2. The fraction of sp³-hybridized carbons (Fsp3) is 0.444. The van der Waals surface area contributed by atoms with Gasteiger partial charge in [-0.25, -0.2) is 9.59 Å². The molecule has 354 valence electrons. The lowest BCUT2D eigenvalue weighted by atomic mass is 9.97. The minimum Gasteiger partial charge on any atom is -0.489 e. The van der Waals surface area contributed by atoms with Gasteiger partial charge in [-0.05, 0) is 101 Å². The Morgan fingerprint density at radius 2 is 0.925 bits per heavy atom. The highest BCUT2D eigenvalue weighted by Crippen LogP contribution is 2.66. The third kappa shape index (κ3) is 11.6. The van der Waals surface area contributed by atoms with Crippen LogP contribution < -0.4 is 15.4 Å². The first kappa shape index (κ1) is 48.4. The van der Waals surface area contributed by atoms with Crippen LogP contribution in [-0.4, -0.2) is 96.8 Å². The fourth-order valence-electron chi connectivity index (χ4n) is 9.92. The van der Waals surface area contributed by atoms with E-state index in [2.05, 4.69) is 47.0 Å². The minimum atomic E-state index is -0.793. The number of ether oxygens (including phenoxy) is 3. The number of likely N-dealkylation sites (tertiary alicyclic amines) is 2. The van der Waals surface area contributed by atoms with E-state index in [0.717, 1.165) is 33.6 Å². The number of alkyl carbamates (subject to hydrolysis) is 2. The molecule has 7 rings (SSSR count). The molecule has 4 aromatic carbocycles. The normalized spacial score (nSPS) is 20.8. The van der Waals surface area contributed by atoms with Crippen molar-refractivity contribution in [1.29, 1.82) is 0 Å². The van der Waals surface area contributed by atoms with Gasteiger partial charge in [0.2, 0.25) is 11.8 Å². The van der Waals surface area contributed by atoms with Gasteiger partial charge in [-0.3, -0.25) is 19.2 Å². The van der Waals surface area contributed by atoms with Gasteiger partial charge >= 0.3 is 12.2 Å². The monoisotopic (exact) mass is 912 g/mol. The molecule has 67 heavy (non-hydrogen) atoms. The van der Waals surface area contributed by atoms with E-state index in [1.807, 2.05) is 94.4 Å². The Hall–Kier alpha value is -6.50. The molecule has 1 aliphatic carbocycles. The molecular weight excluding hydrogens is 849 g/mol. The number of benzene rings is 4. The third-order valence-corrected chi connectivity index (χ3v) is 13.6. The lowest BCUT2D eigenvalue weighted by Gasteiger charge is -2.30. The Balaban J connectivity index is 1.05. The molecule has 2 heterocycles. The number of carbonyl (C=O) groups excluding carboxylic acids is 6. The van der Waals surface area contributed by atoms with Crippen LogP contribution in [0, 0.1) is 11.8 Å². The Kier molecular flexibility index (Phi) is 15.8. The maximum Gasteiger partial charge on any atom is 0.407 e. The molecule has 4 aromatic rings. The summed E-state index contributed by atoms with van der Waals surface area (Å²) in [5.74, 6) is 0.273. The van der Waals surface area contributed by atoms with Gasteiger partial charge in [-0.1, -0.05) is 119 Å². The molecule has 13 heteroatoms. The van der Waals surface area contributed by atoms with E-state index in [0.29, 0.717) is 45.4 Å². The third-order valence-electron chi connectivity index (χ3n) is 13.6. The van der Waals surface area contributed by atoms with Crippen molar-refractivity contribution in [2.24, 2.45) is 11.8 Å². The van der Waals surface area contributed by atoms with Crippen LogP contribution >= 0.6 is 0 Å². The van der Waals surface area contributed by atoms with E-state index in [1.54, 1.807) is 9.80 Å². The van der Waals surface area contributed by atoms with Crippen LogP contribution in [0.25, 0.3) is 0 Å². The predicted octanol–water partition coefficient (Wildman–Crippen LogP) is 7.90. The molecule has 2 aliphatic heterocycles. The van der Waals surface area contributed by atoms with Crippen LogP contribution in [0.4, 0.5) is 9.59 Å². The lowest BCUT2D eigenvalue weighted by Crippen LogP contribution is -2.53. The van der Waals surface area contributed by atoms with Crippen molar-refractivity contribution in [3.63, 3.8) is 0 Å². The number of methoxy groups -OCH3 is 2. The van der Waals surface area contributed by atoms with Gasteiger partial charge in [0.25, 0.3) is 0 Å². The van der Waals surface area contributed by atoms with Crippen molar-refractivity contribution < 1.29 is 43.0 Å². The number of hydrogen-bond donors (Lipinski definition) is 2. The average Bonchev–Trinajstić information content (AvgIpc) is 3.60. The molecule has 3 aliphatic rings. The summed E-state index contributed by atoms with van der Waals surface area (Å²) in [6.07, 6.45) is 1.58. The van der Waals surface area contributed by atoms with Crippen molar-refractivity contribution in [2.75, 3.05) is 27.3 Å². The van der Waals surface area contributed by atoms with Gasteiger partial charge < -0.3 is 34.6 Å². The summed E-state index contributed by atoms with van der Waals surface area (Å²) >= 11 is 0. The second kappa shape index (κ2) is 21.9. The van der Waals surface area contributed by atoms with Crippen LogP contribution in [0.5, 0.6) is 5.75 Å². The first-order valence-corrected chi connectivity index (χ1v) is 23.6. The second-order valence-electron chi connectivity index (χ2n) is 18.8. The number of amides is 4. The Bertz CT molecular complexity index is 2250. The molecule has 2 saturated heterocycles. The van der Waals surface area contributed by atoms with Crippen molar-refractivity contribution in [3.8, 4) is 5.75 Å². The van der Waals surface area contributed by atoms with Gasteiger partial charge in [0.05, 0.1) is 26.3 Å².